The highest BCUT2D eigenvalue weighted by atomic mass is 35.5. The molecule has 0 spiro atoms. The number of carbonyl (C=O) groups is 1. The van der Waals surface area contributed by atoms with Gasteiger partial charge in [0.1, 0.15) is 23.9 Å². The summed E-state index contributed by atoms with van der Waals surface area (Å²) in [5, 5.41) is 1.27. The zero-order chi connectivity index (χ0) is 21.8. The van der Waals surface area contributed by atoms with E-state index in [1.807, 2.05) is 12.1 Å². The van der Waals surface area contributed by atoms with Gasteiger partial charge in [-0.25, -0.2) is 4.39 Å². The fraction of sp³-hybridized carbons (Fsp3) is 0.261. The Morgan fingerprint density at radius 3 is 2.45 bits per heavy atom. The summed E-state index contributed by atoms with van der Waals surface area (Å²) in [7, 11) is 0. The molecule has 0 unspecified atom stereocenters. The highest BCUT2D eigenvalue weighted by Crippen LogP contribution is 2.23. The molecule has 1 aliphatic rings. The number of furan rings is 1. The Kier molecular flexibility index (Phi) is 6.80. The Morgan fingerprint density at radius 1 is 1.00 bits per heavy atom. The van der Waals surface area contributed by atoms with Gasteiger partial charge in [-0.15, -0.1) is 0 Å². The first kappa shape index (κ1) is 21.7. The third kappa shape index (κ3) is 5.58. The molecule has 1 fully saturated rings. The van der Waals surface area contributed by atoms with E-state index in [-0.39, 0.29) is 24.1 Å². The number of amides is 1. The van der Waals surface area contributed by atoms with Crippen LogP contribution in [0.25, 0.3) is 0 Å². The molecule has 2 aromatic carbocycles. The van der Waals surface area contributed by atoms with Crippen LogP contribution in [0.15, 0.2) is 59.0 Å². The van der Waals surface area contributed by atoms with Crippen molar-refractivity contribution in [3.8, 4) is 5.75 Å². The number of benzene rings is 2. The van der Waals surface area contributed by atoms with Crippen LogP contribution < -0.4 is 4.74 Å². The third-order valence-electron chi connectivity index (χ3n) is 5.14. The third-order valence-corrected chi connectivity index (χ3v) is 5.72. The van der Waals surface area contributed by atoms with Gasteiger partial charge in [0.05, 0.1) is 0 Å². The molecule has 1 amide bonds. The summed E-state index contributed by atoms with van der Waals surface area (Å²) in [6.07, 6.45) is 0. The first-order valence-electron chi connectivity index (χ1n) is 9.90. The Balaban J connectivity index is 1.28. The van der Waals surface area contributed by atoms with Crippen molar-refractivity contribution in [2.24, 2.45) is 0 Å². The van der Waals surface area contributed by atoms with Crippen molar-refractivity contribution in [1.29, 1.82) is 0 Å². The maximum Gasteiger partial charge on any atom is 0.289 e. The van der Waals surface area contributed by atoms with E-state index in [0.29, 0.717) is 41.2 Å². The summed E-state index contributed by atoms with van der Waals surface area (Å²) in [5.41, 5.74) is 1.02. The smallest absolute Gasteiger partial charge is 0.289 e. The van der Waals surface area contributed by atoms with E-state index in [9.17, 15) is 9.18 Å². The lowest BCUT2D eigenvalue weighted by Gasteiger charge is -2.34. The average Bonchev–Trinajstić information content (AvgIpc) is 3.24. The highest BCUT2D eigenvalue weighted by molar-refractivity contribution is 6.35. The van der Waals surface area contributed by atoms with E-state index in [2.05, 4.69) is 4.90 Å². The molecule has 0 atom stereocenters. The first-order chi connectivity index (χ1) is 15.0. The van der Waals surface area contributed by atoms with E-state index in [4.69, 9.17) is 32.4 Å². The molecule has 2 heterocycles. The number of hydrogen-bond acceptors (Lipinski definition) is 4. The largest absolute Gasteiger partial charge is 0.486 e. The topological polar surface area (TPSA) is 45.9 Å². The molecule has 1 saturated heterocycles. The van der Waals surface area contributed by atoms with Gasteiger partial charge >= 0.3 is 0 Å². The monoisotopic (exact) mass is 462 g/mol. The molecule has 0 bridgehead atoms. The fourth-order valence-electron chi connectivity index (χ4n) is 3.41. The van der Waals surface area contributed by atoms with Gasteiger partial charge in [-0.3, -0.25) is 9.69 Å². The van der Waals surface area contributed by atoms with Crippen LogP contribution >= 0.6 is 23.2 Å². The molecule has 0 aliphatic carbocycles. The molecular formula is C23H21Cl2FN2O3. The van der Waals surface area contributed by atoms with E-state index in [0.717, 1.165) is 18.7 Å². The predicted octanol–water partition coefficient (Wildman–Crippen LogP) is 5.26. The van der Waals surface area contributed by atoms with E-state index >= 15 is 0 Å². The number of nitrogens with zero attached hydrogens (tertiary/aromatic N) is 2. The van der Waals surface area contributed by atoms with Crippen molar-refractivity contribution in [3.05, 3.63) is 87.5 Å². The second-order valence-electron chi connectivity index (χ2n) is 7.31. The SMILES string of the molecule is O=C(c1ccc(COc2ccc(F)cc2)o1)N1CCN(Cc2ccc(Cl)cc2Cl)CC1. The minimum absolute atomic E-state index is 0.141. The summed E-state index contributed by atoms with van der Waals surface area (Å²) < 4.78 is 24.2. The van der Waals surface area contributed by atoms with Gasteiger partial charge in [0.25, 0.3) is 5.91 Å². The van der Waals surface area contributed by atoms with Crippen molar-refractivity contribution < 1.29 is 18.3 Å². The predicted molar refractivity (Wildman–Crippen MR) is 117 cm³/mol. The Labute approximate surface area is 189 Å². The molecule has 5 nitrogen and oxygen atoms in total. The molecule has 8 heteroatoms. The van der Waals surface area contributed by atoms with Gasteiger partial charge in [0, 0.05) is 42.8 Å². The molecule has 0 radical (unpaired) electrons. The lowest BCUT2D eigenvalue weighted by molar-refractivity contribution is 0.0594. The van der Waals surface area contributed by atoms with Crippen molar-refractivity contribution >= 4 is 29.1 Å². The minimum atomic E-state index is -0.324. The quantitative estimate of drug-likeness (QED) is 0.500. The molecule has 31 heavy (non-hydrogen) atoms. The Bertz CT molecular complexity index is 1050. The van der Waals surface area contributed by atoms with Crippen LogP contribution in [-0.2, 0) is 13.2 Å². The number of halogens is 3. The van der Waals surface area contributed by atoms with Gasteiger partial charge in [0.2, 0.25) is 0 Å². The van der Waals surface area contributed by atoms with Crippen molar-refractivity contribution in [1.82, 2.24) is 9.80 Å². The highest BCUT2D eigenvalue weighted by Gasteiger charge is 2.24. The van der Waals surface area contributed by atoms with E-state index in [1.54, 1.807) is 35.2 Å². The van der Waals surface area contributed by atoms with Crippen LogP contribution in [-0.4, -0.2) is 41.9 Å². The van der Waals surface area contributed by atoms with E-state index < -0.39 is 0 Å². The number of piperazine rings is 1. The summed E-state index contributed by atoms with van der Waals surface area (Å²) >= 11 is 12.2. The molecular weight excluding hydrogens is 442 g/mol. The standard InChI is InChI=1S/C23H21Cl2FN2O3/c24-17-2-1-16(21(25)13-17)14-27-9-11-28(12-10-27)23(29)22-8-7-20(31-22)15-30-19-5-3-18(26)4-6-19/h1-8,13H,9-12,14-15H2. The van der Waals surface area contributed by atoms with Crippen molar-refractivity contribution in [3.63, 3.8) is 0 Å². The van der Waals surface area contributed by atoms with Crippen molar-refractivity contribution in [2.75, 3.05) is 26.2 Å². The molecule has 1 aromatic heterocycles. The summed E-state index contributed by atoms with van der Waals surface area (Å²) in [6.45, 7) is 3.56. The molecule has 1 aliphatic heterocycles. The maximum absolute atomic E-state index is 13.0. The van der Waals surface area contributed by atoms with Crippen LogP contribution in [0.5, 0.6) is 5.75 Å². The number of hydrogen-bond donors (Lipinski definition) is 0. The lowest BCUT2D eigenvalue weighted by atomic mass is 10.2. The van der Waals surface area contributed by atoms with Gasteiger partial charge < -0.3 is 14.1 Å². The molecule has 162 valence electrons. The van der Waals surface area contributed by atoms with Crippen LogP contribution in [0, 0.1) is 5.82 Å². The van der Waals surface area contributed by atoms with Crippen LogP contribution in [0.2, 0.25) is 10.0 Å². The Morgan fingerprint density at radius 2 is 1.74 bits per heavy atom. The second-order valence-corrected chi connectivity index (χ2v) is 8.16. The number of carbonyl (C=O) groups excluding carboxylic acids is 1. The zero-order valence-corrected chi connectivity index (χ0v) is 18.2. The zero-order valence-electron chi connectivity index (χ0n) is 16.7. The van der Waals surface area contributed by atoms with Gasteiger partial charge in [0.15, 0.2) is 5.76 Å². The maximum atomic E-state index is 13.0. The second kappa shape index (κ2) is 9.73. The number of ether oxygens (including phenoxy) is 1. The minimum Gasteiger partial charge on any atom is -0.486 e. The fourth-order valence-corrected chi connectivity index (χ4v) is 3.88. The van der Waals surface area contributed by atoms with Gasteiger partial charge in [-0.2, -0.15) is 0 Å². The summed E-state index contributed by atoms with van der Waals surface area (Å²) in [4.78, 5) is 16.8. The van der Waals surface area contributed by atoms with Crippen molar-refractivity contribution in [2.45, 2.75) is 13.2 Å². The number of rotatable bonds is 6. The summed E-state index contributed by atoms with van der Waals surface area (Å²) in [6, 6.07) is 14.6. The normalized spacial score (nSPS) is 14.6. The van der Waals surface area contributed by atoms with E-state index in [1.165, 1.54) is 12.1 Å². The van der Waals surface area contributed by atoms with Crippen LogP contribution in [0.1, 0.15) is 21.9 Å². The average molecular weight is 463 g/mol. The first-order valence-corrected chi connectivity index (χ1v) is 10.7. The van der Waals surface area contributed by atoms with Crippen LogP contribution in [0.4, 0.5) is 4.39 Å². The Hall–Kier alpha value is -2.54. The molecule has 0 N–H and O–H groups in total. The van der Waals surface area contributed by atoms with Crippen LogP contribution in [0.3, 0.4) is 0 Å². The molecule has 3 aromatic rings. The van der Waals surface area contributed by atoms with Gasteiger partial charge in [-0.1, -0.05) is 29.3 Å². The lowest BCUT2D eigenvalue weighted by Crippen LogP contribution is -2.48. The summed E-state index contributed by atoms with van der Waals surface area (Å²) in [5.74, 6) is 0.880. The van der Waals surface area contributed by atoms with Gasteiger partial charge in [-0.05, 0) is 54.1 Å². The molecule has 0 saturated carbocycles. The molecule has 4 rings (SSSR count).